The van der Waals surface area contributed by atoms with Crippen molar-refractivity contribution in [1.82, 2.24) is 0 Å². The maximum absolute atomic E-state index is 5.08. The van der Waals surface area contributed by atoms with Crippen molar-refractivity contribution in [3.05, 3.63) is 24.0 Å². The molecule has 0 amide bonds. The first-order valence-electron chi connectivity index (χ1n) is 3.68. The molecular formula is C9H14O. The molecule has 0 fully saturated rings. The van der Waals surface area contributed by atoms with Gasteiger partial charge in [-0.05, 0) is 24.0 Å². The molecule has 0 aromatic carbocycles. The molecule has 0 saturated heterocycles. The number of methoxy groups -OCH3 is 1. The molecule has 0 spiro atoms. The third kappa shape index (κ3) is 1.41. The predicted octanol–water partition coefficient (Wildman–Crippen LogP) is 2.36. The Morgan fingerprint density at radius 1 is 1.30 bits per heavy atom. The van der Waals surface area contributed by atoms with E-state index in [-0.39, 0.29) is 0 Å². The normalized spacial score (nSPS) is 31.7. The lowest BCUT2D eigenvalue weighted by Gasteiger charge is -2.17. The first kappa shape index (κ1) is 7.39. The average Bonchev–Trinajstić information content (AvgIpc) is 1.95. The minimum atomic E-state index is 0.611. The van der Waals surface area contributed by atoms with E-state index >= 15 is 0 Å². The Kier molecular flexibility index (Phi) is 2.15. The molecule has 0 aromatic heterocycles. The summed E-state index contributed by atoms with van der Waals surface area (Å²) in [5.41, 5.74) is 0. The van der Waals surface area contributed by atoms with E-state index in [1.807, 2.05) is 6.08 Å². The monoisotopic (exact) mass is 138 g/mol. The second-order valence-corrected chi connectivity index (χ2v) is 2.85. The van der Waals surface area contributed by atoms with E-state index in [1.54, 1.807) is 7.11 Å². The van der Waals surface area contributed by atoms with Crippen molar-refractivity contribution in [3.8, 4) is 0 Å². The fraction of sp³-hybridized carbons (Fsp3) is 0.556. The van der Waals surface area contributed by atoms with Crippen LogP contribution >= 0.6 is 0 Å². The first-order valence-corrected chi connectivity index (χ1v) is 3.68. The van der Waals surface area contributed by atoms with Crippen LogP contribution in [0, 0.1) is 11.8 Å². The van der Waals surface area contributed by atoms with Gasteiger partial charge in [0.05, 0.1) is 7.11 Å². The van der Waals surface area contributed by atoms with Gasteiger partial charge in [-0.3, -0.25) is 0 Å². The van der Waals surface area contributed by atoms with Crippen LogP contribution < -0.4 is 0 Å². The van der Waals surface area contributed by atoms with Gasteiger partial charge < -0.3 is 4.74 Å². The van der Waals surface area contributed by atoms with Crippen molar-refractivity contribution in [1.29, 1.82) is 0 Å². The first-order chi connectivity index (χ1) is 4.74. The van der Waals surface area contributed by atoms with Gasteiger partial charge in [0.15, 0.2) is 0 Å². The van der Waals surface area contributed by atoms with Crippen LogP contribution in [-0.4, -0.2) is 7.11 Å². The summed E-state index contributed by atoms with van der Waals surface area (Å²) in [5, 5.41) is 0. The number of hydrogen-bond donors (Lipinski definition) is 0. The number of rotatable bonds is 1. The molecule has 10 heavy (non-hydrogen) atoms. The van der Waals surface area contributed by atoms with Gasteiger partial charge >= 0.3 is 0 Å². The SMILES string of the molecule is COC1=CC(C)C(C)C=C1. The number of allylic oxidation sites excluding steroid dienone is 3. The van der Waals surface area contributed by atoms with E-state index in [0.29, 0.717) is 11.8 Å². The summed E-state index contributed by atoms with van der Waals surface area (Å²) in [6.45, 7) is 4.41. The van der Waals surface area contributed by atoms with Crippen LogP contribution in [0.4, 0.5) is 0 Å². The summed E-state index contributed by atoms with van der Waals surface area (Å²) in [5.74, 6) is 2.25. The van der Waals surface area contributed by atoms with Gasteiger partial charge in [0.1, 0.15) is 5.76 Å². The summed E-state index contributed by atoms with van der Waals surface area (Å²) in [7, 11) is 1.71. The molecule has 0 aromatic rings. The van der Waals surface area contributed by atoms with Gasteiger partial charge in [-0.1, -0.05) is 19.9 Å². The Hall–Kier alpha value is -0.720. The smallest absolute Gasteiger partial charge is 0.114 e. The van der Waals surface area contributed by atoms with Crippen LogP contribution in [0.25, 0.3) is 0 Å². The summed E-state index contributed by atoms with van der Waals surface area (Å²) >= 11 is 0. The molecule has 0 bridgehead atoms. The number of hydrogen-bond acceptors (Lipinski definition) is 1. The van der Waals surface area contributed by atoms with Crippen molar-refractivity contribution >= 4 is 0 Å². The van der Waals surface area contributed by atoms with Crippen molar-refractivity contribution in [2.45, 2.75) is 13.8 Å². The maximum Gasteiger partial charge on any atom is 0.114 e. The molecule has 1 aliphatic rings. The Balaban J connectivity index is 2.66. The van der Waals surface area contributed by atoms with E-state index in [4.69, 9.17) is 4.74 Å². The van der Waals surface area contributed by atoms with Crippen LogP contribution in [0.15, 0.2) is 24.0 Å². The summed E-state index contributed by atoms with van der Waals surface area (Å²) in [6.07, 6.45) is 6.37. The third-order valence-electron chi connectivity index (χ3n) is 2.06. The summed E-state index contributed by atoms with van der Waals surface area (Å²) < 4.78 is 5.08. The minimum Gasteiger partial charge on any atom is -0.497 e. The highest BCUT2D eigenvalue weighted by Gasteiger charge is 2.11. The highest BCUT2D eigenvalue weighted by atomic mass is 16.5. The molecule has 56 valence electrons. The zero-order chi connectivity index (χ0) is 7.56. The second-order valence-electron chi connectivity index (χ2n) is 2.85. The molecule has 1 nitrogen and oxygen atoms in total. The quantitative estimate of drug-likeness (QED) is 0.540. The Morgan fingerprint density at radius 3 is 2.50 bits per heavy atom. The van der Waals surface area contributed by atoms with E-state index in [9.17, 15) is 0 Å². The minimum absolute atomic E-state index is 0.611. The summed E-state index contributed by atoms with van der Waals surface area (Å²) in [4.78, 5) is 0. The standard InChI is InChI=1S/C9H14O/c1-7-4-5-9(10-3)6-8(7)2/h4-8H,1-3H3. The van der Waals surface area contributed by atoms with Crippen LogP contribution in [0.2, 0.25) is 0 Å². The van der Waals surface area contributed by atoms with Crippen molar-refractivity contribution in [2.24, 2.45) is 11.8 Å². The van der Waals surface area contributed by atoms with Gasteiger partial charge in [0.25, 0.3) is 0 Å². The zero-order valence-corrected chi connectivity index (χ0v) is 6.79. The van der Waals surface area contributed by atoms with E-state index in [2.05, 4.69) is 26.0 Å². The molecule has 0 heterocycles. The average molecular weight is 138 g/mol. The molecule has 0 radical (unpaired) electrons. The van der Waals surface area contributed by atoms with E-state index in [0.717, 1.165) is 5.76 Å². The Labute approximate surface area is 62.4 Å². The molecule has 1 rings (SSSR count). The lowest BCUT2D eigenvalue weighted by molar-refractivity contribution is 0.296. The van der Waals surface area contributed by atoms with E-state index in [1.165, 1.54) is 0 Å². The molecule has 2 atom stereocenters. The predicted molar refractivity (Wildman–Crippen MR) is 42.6 cm³/mol. The topological polar surface area (TPSA) is 9.23 Å². The molecule has 0 N–H and O–H groups in total. The lowest BCUT2D eigenvalue weighted by Crippen LogP contribution is -2.07. The molecule has 0 saturated carbocycles. The lowest BCUT2D eigenvalue weighted by atomic mass is 9.91. The van der Waals surface area contributed by atoms with Gasteiger partial charge in [-0.2, -0.15) is 0 Å². The molecule has 0 aliphatic heterocycles. The van der Waals surface area contributed by atoms with Gasteiger partial charge in [0, 0.05) is 0 Å². The van der Waals surface area contributed by atoms with Crippen molar-refractivity contribution < 1.29 is 4.74 Å². The van der Waals surface area contributed by atoms with Gasteiger partial charge in [0.2, 0.25) is 0 Å². The van der Waals surface area contributed by atoms with Crippen LogP contribution in [0.3, 0.4) is 0 Å². The molecule has 1 aliphatic carbocycles. The molecule has 2 unspecified atom stereocenters. The number of ether oxygens (including phenoxy) is 1. The Morgan fingerprint density at radius 2 is 2.00 bits per heavy atom. The molecular weight excluding hydrogens is 124 g/mol. The second kappa shape index (κ2) is 2.91. The third-order valence-corrected chi connectivity index (χ3v) is 2.06. The van der Waals surface area contributed by atoms with Gasteiger partial charge in [-0.15, -0.1) is 0 Å². The maximum atomic E-state index is 5.08. The highest BCUT2D eigenvalue weighted by molar-refractivity contribution is 5.19. The van der Waals surface area contributed by atoms with E-state index < -0.39 is 0 Å². The largest absolute Gasteiger partial charge is 0.497 e. The highest BCUT2D eigenvalue weighted by Crippen LogP contribution is 2.21. The zero-order valence-electron chi connectivity index (χ0n) is 6.79. The van der Waals surface area contributed by atoms with Crippen LogP contribution in [-0.2, 0) is 4.74 Å². The van der Waals surface area contributed by atoms with Gasteiger partial charge in [-0.25, -0.2) is 0 Å². The fourth-order valence-electron chi connectivity index (χ4n) is 1.02. The van der Waals surface area contributed by atoms with Crippen molar-refractivity contribution in [2.75, 3.05) is 7.11 Å². The van der Waals surface area contributed by atoms with Crippen molar-refractivity contribution in [3.63, 3.8) is 0 Å². The Bertz CT molecular complexity index is 168. The van der Waals surface area contributed by atoms with Crippen LogP contribution in [0.5, 0.6) is 0 Å². The fourth-order valence-corrected chi connectivity index (χ4v) is 1.02. The van der Waals surface area contributed by atoms with Crippen LogP contribution in [0.1, 0.15) is 13.8 Å². The molecule has 1 heteroatoms. The summed E-state index contributed by atoms with van der Waals surface area (Å²) in [6, 6.07) is 0.